The van der Waals surface area contributed by atoms with E-state index in [9.17, 15) is 4.79 Å². The fourth-order valence-electron chi connectivity index (χ4n) is 3.33. The second kappa shape index (κ2) is 4.01. The molecule has 106 valence electrons. The predicted octanol–water partition coefficient (Wildman–Crippen LogP) is 2.63. The lowest BCUT2D eigenvalue weighted by Gasteiger charge is -2.20. The Balaban J connectivity index is 1.98. The SMILES string of the molecule is COc1cc2c(cc1C)[C@]1(CO2)C(=O)Nc2ccccc21. The second-order valence-electron chi connectivity index (χ2n) is 5.51. The molecular formula is C17H15NO3. The summed E-state index contributed by atoms with van der Waals surface area (Å²) in [5.41, 5.74) is 3.04. The normalized spacial score (nSPS) is 21.7. The molecule has 1 atom stereocenters. The number of fused-ring (bicyclic) bond motifs is 4. The second-order valence-corrected chi connectivity index (χ2v) is 5.51. The van der Waals surface area contributed by atoms with Crippen LogP contribution in [0.25, 0.3) is 0 Å². The summed E-state index contributed by atoms with van der Waals surface area (Å²) in [6.45, 7) is 2.31. The van der Waals surface area contributed by atoms with Gasteiger partial charge in [0.1, 0.15) is 23.5 Å². The molecule has 1 amide bonds. The maximum Gasteiger partial charge on any atom is 0.243 e. The van der Waals surface area contributed by atoms with Crippen LogP contribution in [0.15, 0.2) is 36.4 Å². The summed E-state index contributed by atoms with van der Waals surface area (Å²) in [5, 5.41) is 2.97. The van der Waals surface area contributed by atoms with Gasteiger partial charge < -0.3 is 14.8 Å². The lowest BCUT2D eigenvalue weighted by Crippen LogP contribution is -2.37. The summed E-state index contributed by atoms with van der Waals surface area (Å²) in [4.78, 5) is 12.7. The molecule has 4 rings (SSSR count). The van der Waals surface area contributed by atoms with E-state index in [4.69, 9.17) is 9.47 Å². The van der Waals surface area contributed by atoms with Crippen LogP contribution >= 0.6 is 0 Å². The Morgan fingerprint density at radius 3 is 2.86 bits per heavy atom. The molecule has 0 bridgehead atoms. The fraction of sp³-hybridized carbons (Fsp3) is 0.235. The van der Waals surface area contributed by atoms with Crippen LogP contribution in [0, 0.1) is 6.92 Å². The molecule has 0 saturated heterocycles. The van der Waals surface area contributed by atoms with Gasteiger partial charge in [-0.1, -0.05) is 18.2 Å². The van der Waals surface area contributed by atoms with E-state index in [0.717, 1.165) is 33.9 Å². The van der Waals surface area contributed by atoms with Gasteiger partial charge in [-0.3, -0.25) is 4.79 Å². The van der Waals surface area contributed by atoms with Crippen molar-refractivity contribution in [2.45, 2.75) is 12.3 Å². The van der Waals surface area contributed by atoms with Gasteiger partial charge in [0.15, 0.2) is 0 Å². The molecule has 2 aromatic carbocycles. The highest BCUT2D eigenvalue weighted by atomic mass is 16.5. The van der Waals surface area contributed by atoms with Crippen molar-refractivity contribution in [2.75, 3.05) is 19.0 Å². The monoisotopic (exact) mass is 281 g/mol. The van der Waals surface area contributed by atoms with Crippen LogP contribution in [0.1, 0.15) is 16.7 Å². The number of ether oxygens (including phenoxy) is 2. The van der Waals surface area contributed by atoms with Crippen molar-refractivity contribution in [3.8, 4) is 11.5 Å². The number of carbonyl (C=O) groups is 1. The topological polar surface area (TPSA) is 47.6 Å². The summed E-state index contributed by atoms with van der Waals surface area (Å²) in [7, 11) is 1.64. The minimum atomic E-state index is -0.733. The van der Waals surface area contributed by atoms with Gasteiger partial charge >= 0.3 is 0 Å². The van der Waals surface area contributed by atoms with Crippen LogP contribution in [0.5, 0.6) is 11.5 Å². The largest absolute Gasteiger partial charge is 0.496 e. The minimum Gasteiger partial charge on any atom is -0.496 e. The number of methoxy groups -OCH3 is 1. The molecule has 2 heterocycles. The lowest BCUT2D eigenvalue weighted by atomic mass is 9.76. The molecule has 21 heavy (non-hydrogen) atoms. The predicted molar refractivity (Wildman–Crippen MR) is 79.1 cm³/mol. The summed E-state index contributed by atoms with van der Waals surface area (Å²) < 4.78 is 11.2. The summed E-state index contributed by atoms with van der Waals surface area (Å²) in [6, 6.07) is 11.7. The minimum absolute atomic E-state index is 0.0213. The standard InChI is InChI=1S/C17H15NO3/c1-10-7-12-15(8-14(10)20-2)21-9-17(12)11-5-3-4-6-13(11)18-16(17)19/h3-8H,9H2,1-2H3,(H,18,19)/t17-/m1/s1. The first-order chi connectivity index (χ1) is 10.2. The first-order valence-corrected chi connectivity index (χ1v) is 6.89. The van der Waals surface area contributed by atoms with Crippen LogP contribution in [0.3, 0.4) is 0 Å². The number of hydrogen-bond donors (Lipinski definition) is 1. The van der Waals surface area contributed by atoms with Crippen molar-refractivity contribution >= 4 is 11.6 Å². The van der Waals surface area contributed by atoms with E-state index in [1.54, 1.807) is 7.11 Å². The molecule has 2 aromatic rings. The van der Waals surface area contributed by atoms with E-state index in [0.29, 0.717) is 6.61 Å². The van der Waals surface area contributed by atoms with Gasteiger partial charge in [-0.15, -0.1) is 0 Å². The number of aryl methyl sites for hydroxylation is 1. The maximum absolute atomic E-state index is 12.7. The van der Waals surface area contributed by atoms with Gasteiger partial charge in [0.25, 0.3) is 0 Å². The first-order valence-electron chi connectivity index (χ1n) is 6.89. The van der Waals surface area contributed by atoms with Gasteiger partial charge in [0.05, 0.1) is 7.11 Å². The van der Waals surface area contributed by atoms with E-state index in [1.165, 1.54) is 0 Å². The van der Waals surface area contributed by atoms with Crippen molar-refractivity contribution in [3.05, 3.63) is 53.1 Å². The number of para-hydroxylation sites is 1. The number of anilines is 1. The van der Waals surface area contributed by atoms with E-state index in [1.807, 2.05) is 43.3 Å². The highest BCUT2D eigenvalue weighted by Crippen LogP contribution is 2.51. The van der Waals surface area contributed by atoms with Crippen molar-refractivity contribution in [1.29, 1.82) is 0 Å². The zero-order valence-electron chi connectivity index (χ0n) is 11.9. The molecule has 0 unspecified atom stereocenters. The van der Waals surface area contributed by atoms with Crippen molar-refractivity contribution < 1.29 is 14.3 Å². The molecule has 4 nitrogen and oxygen atoms in total. The quantitative estimate of drug-likeness (QED) is 0.874. The van der Waals surface area contributed by atoms with Crippen LogP contribution in [0.4, 0.5) is 5.69 Å². The Morgan fingerprint density at radius 1 is 1.24 bits per heavy atom. The van der Waals surface area contributed by atoms with Gasteiger partial charge in [-0.2, -0.15) is 0 Å². The molecule has 0 radical (unpaired) electrons. The zero-order chi connectivity index (χ0) is 14.6. The van der Waals surface area contributed by atoms with Gasteiger partial charge in [0.2, 0.25) is 5.91 Å². The van der Waals surface area contributed by atoms with Crippen molar-refractivity contribution in [3.63, 3.8) is 0 Å². The zero-order valence-corrected chi connectivity index (χ0v) is 11.9. The molecule has 0 fully saturated rings. The lowest BCUT2D eigenvalue weighted by molar-refractivity contribution is -0.119. The van der Waals surface area contributed by atoms with E-state index in [-0.39, 0.29) is 5.91 Å². The highest BCUT2D eigenvalue weighted by molar-refractivity contribution is 6.09. The average Bonchev–Trinajstić information content (AvgIpc) is 2.99. The van der Waals surface area contributed by atoms with Crippen LogP contribution < -0.4 is 14.8 Å². The van der Waals surface area contributed by atoms with E-state index < -0.39 is 5.41 Å². The smallest absolute Gasteiger partial charge is 0.243 e. The number of benzene rings is 2. The molecule has 1 spiro atoms. The Labute approximate surface area is 122 Å². The van der Waals surface area contributed by atoms with Crippen molar-refractivity contribution in [1.82, 2.24) is 0 Å². The Kier molecular flexibility index (Phi) is 2.34. The molecule has 2 aliphatic heterocycles. The molecule has 0 aliphatic carbocycles. The summed E-state index contributed by atoms with van der Waals surface area (Å²) >= 11 is 0. The van der Waals surface area contributed by atoms with Crippen molar-refractivity contribution in [2.24, 2.45) is 0 Å². The Hall–Kier alpha value is -2.49. The number of nitrogens with one attached hydrogen (secondary N) is 1. The van der Waals surface area contributed by atoms with Crippen LogP contribution in [-0.4, -0.2) is 19.6 Å². The third-order valence-corrected chi connectivity index (χ3v) is 4.42. The molecular weight excluding hydrogens is 266 g/mol. The maximum atomic E-state index is 12.7. The number of rotatable bonds is 1. The first kappa shape index (κ1) is 12.3. The van der Waals surface area contributed by atoms with E-state index >= 15 is 0 Å². The number of amides is 1. The summed E-state index contributed by atoms with van der Waals surface area (Å²) in [5.74, 6) is 1.48. The average molecular weight is 281 g/mol. The molecule has 4 heteroatoms. The third kappa shape index (κ3) is 1.42. The number of carbonyl (C=O) groups excluding carboxylic acids is 1. The van der Waals surface area contributed by atoms with Gasteiger partial charge in [-0.25, -0.2) is 0 Å². The van der Waals surface area contributed by atoms with Gasteiger partial charge in [0, 0.05) is 17.3 Å². The summed E-state index contributed by atoms with van der Waals surface area (Å²) in [6.07, 6.45) is 0. The van der Waals surface area contributed by atoms with Crippen LogP contribution in [0.2, 0.25) is 0 Å². The Morgan fingerprint density at radius 2 is 2.05 bits per heavy atom. The number of hydrogen-bond acceptors (Lipinski definition) is 3. The highest BCUT2D eigenvalue weighted by Gasteiger charge is 2.53. The van der Waals surface area contributed by atoms with E-state index in [2.05, 4.69) is 5.32 Å². The molecule has 0 aromatic heterocycles. The molecule has 2 aliphatic rings. The molecule has 0 saturated carbocycles. The van der Waals surface area contributed by atoms with Gasteiger partial charge in [-0.05, 0) is 30.2 Å². The van der Waals surface area contributed by atoms with Crippen LogP contribution in [-0.2, 0) is 10.2 Å². The Bertz CT molecular complexity index is 769. The third-order valence-electron chi connectivity index (χ3n) is 4.42. The fourth-order valence-corrected chi connectivity index (χ4v) is 3.33. The molecule has 1 N–H and O–H groups in total.